The molecule has 0 unspecified atom stereocenters. The number of hydrogen-bond donors (Lipinski definition) is 2. The van der Waals surface area contributed by atoms with Crippen LogP contribution in [-0.4, -0.2) is 38.4 Å². The lowest BCUT2D eigenvalue weighted by molar-refractivity contribution is 0.0922. The summed E-state index contributed by atoms with van der Waals surface area (Å²) in [5.41, 5.74) is 2.86. The number of aromatic nitrogens is 3. The molecule has 0 fully saturated rings. The summed E-state index contributed by atoms with van der Waals surface area (Å²) in [5, 5.41) is 16.3. The highest BCUT2D eigenvalue weighted by atomic mass is 16.5. The monoisotopic (exact) mass is 394 g/mol. The molecule has 7 nitrogen and oxygen atoms in total. The molecule has 29 heavy (non-hydrogen) atoms. The van der Waals surface area contributed by atoms with Gasteiger partial charge in [0, 0.05) is 25.5 Å². The van der Waals surface area contributed by atoms with E-state index in [1.165, 1.54) is 11.8 Å². The lowest BCUT2D eigenvalue weighted by atomic mass is 10.0. The molecule has 0 spiro atoms. The lowest BCUT2D eigenvalue weighted by Crippen LogP contribution is -2.35. The van der Waals surface area contributed by atoms with Gasteiger partial charge in [0.2, 0.25) is 5.88 Å². The number of ether oxygens (including phenoxy) is 1. The number of carbonyl (C=O) groups is 1. The molecule has 0 aliphatic rings. The summed E-state index contributed by atoms with van der Waals surface area (Å²) in [4.78, 5) is 16.8. The molecular weight excluding hydrogens is 368 g/mol. The van der Waals surface area contributed by atoms with Crippen LogP contribution in [0, 0.1) is 0 Å². The minimum absolute atomic E-state index is 0.139. The Morgan fingerprint density at radius 2 is 1.93 bits per heavy atom. The first kappa shape index (κ1) is 20.5. The summed E-state index contributed by atoms with van der Waals surface area (Å²) in [6, 6.07) is 11.1. The number of hydrogen-bond acceptors (Lipinski definition) is 5. The second-order valence-electron chi connectivity index (χ2n) is 7.33. The zero-order valence-corrected chi connectivity index (χ0v) is 17.1. The van der Waals surface area contributed by atoms with Gasteiger partial charge in [-0.2, -0.15) is 5.10 Å². The maximum Gasteiger partial charge on any atom is 0.253 e. The van der Waals surface area contributed by atoms with Gasteiger partial charge in [-0.1, -0.05) is 26.0 Å². The molecule has 152 valence electrons. The summed E-state index contributed by atoms with van der Waals surface area (Å²) >= 11 is 0. The van der Waals surface area contributed by atoms with E-state index in [1.54, 1.807) is 17.7 Å². The number of benzene rings is 1. The molecule has 1 amide bonds. The zero-order chi connectivity index (χ0) is 21.0. The summed E-state index contributed by atoms with van der Waals surface area (Å²) in [5.74, 6) is 1.15. The van der Waals surface area contributed by atoms with E-state index >= 15 is 0 Å². The number of nitrogens with zero attached hydrogens (tertiary/aromatic N) is 3. The minimum atomic E-state index is -0.351. The van der Waals surface area contributed by atoms with E-state index < -0.39 is 0 Å². The highest BCUT2D eigenvalue weighted by Gasteiger charge is 2.17. The number of amides is 1. The Hall–Kier alpha value is -3.19. The Kier molecular flexibility index (Phi) is 6.29. The van der Waals surface area contributed by atoms with Crippen molar-refractivity contribution in [1.82, 2.24) is 20.1 Å². The fourth-order valence-electron chi connectivity index (χ4n) is 2.79. The van der Waals surface area contributed by atoms with Gasteiger partial charge in [-0.15, -0.1) is 0 Å². The van der Waals surface area contributed by atoms with Gasteiger partial charge in [0.25, 0.3) is 5.91 Å². The van der Waals surface area contributed by atoms with Gasteiger partial charge in [-0.3, -0.25) is 9.48 Å². The maximum atomic E-state index is 12.4. The highest BCUT2D eigenvalue weighted by Crippen LogP contribution is 2.32. The molecule has 0 saturated heterocycles. The van der Waals surface area contributed by atoms with Crippen LogP contribution in [0.25, 0.3) is 11.3 Å². The molecule has 1 aromatic carbocycles. The van der Waals surface area contributed by atoms with E-state index in [0.29, 0.717) is 34.4 Å². The number of nitrogens with one attached hydrogen (secondary N) is 1. The highest BCUT2D eigenvalue weighted by molar-refractivity contribution is 5.95. The van der Waals surface area contributed by atoms with Gasteiger partial charge in [-0.05, 0) is 42.7 Å². The van der Waals surface area contributed by atoms with Crippen molar-refractivity contribution in [1.29, 1.82) is 0 Å². The van der Waals surface area contributed by atoms with Gasteiger partial charge in [-0.25, -0.2) is 4.98 Å². The molecule has 0 bridgehead atoms. The molecular formula is C22H26N4O3. The van der Waals surface area contributed by atoms with Gasteiger partial charge >= 0.3 is 0 Å². The third-order valence-electron chi connectivity index (χ3n) is 4.52. The summed E-state index contributed by atoms with van der Waals surface area (Å²) < 4.78 is 7.69. The van der Waals surface area contributed by atoms with Crippen molar-refractivity contribution in [3.05, 3.63) is 59.9 Å². The molecule has 0 aliphatic carbocycles. The number of rotatable bonds is 7. The Morgan fingerprint density at radius 3 is 2.52 bits per heavy atom. The average molecular weight is 394 g/mol. The van der Waals surface area contributed by atoms with E-state index in [0.717, 1.165) is 0 Å². The molecule has 0 saturated carbocycles. The van der Waals surface area contributed by atoms with Gasteiger partial charge < -0.3 is 15.2 Å². The van der Waals surface area contributed by atoms with Crippen molar-refractivity contribution in [2.24, 2.45) is 7.05 Å². The SMILES string of the molecule is CC(C)c1ccc(Oc2ncc(C(=O)N[C@H](C)CO)cc2-c2ccn(C)n2)cc1. The van der Waals surface area contributed by atoms with E-state index in [1.807, 2.05) is 43.6 Å². The molecule has 2 aromatic heterocycles. The molecule has 0 radical (unpaired) electrons. The van der Waals surface area contributed by atoms with Crippen LogP contribution in [0.2, 0.25) is 0 Å². The predicted molar refractivity (Wildman–Crippen MR) is 111 cm³/mol. The van der Waals surface area contributed by atoms with Crippen molar-refractivity contribution in [2.45, 2.75) is 32.7 Å². The molecule has 2 heterocycles. The topological polar surface area (TPSA) is 89.3 Å². The Morgan fingerprint density at radius 1 is 1.21 bits per heavy atom. The zero-order valence-electron chi connectivity index (χ0n) is 17.1. The van der Waals surface area contributed by atoms with Crippen LogP contribution >= 0.6 is 0 Å². The van der Waals surface area contributed by atoms with Crippen LogP contribution in [0.4, 0.5) is 0 Å². The average Bonchev–Trinajstić information content (AvgIpc) is 3.14. The van der Waals surface area contributed by atoms with E-state index in [9.17, 15) is 4.79 Å². The first-order valence-corrected chi connectivity index (χ1v) is 9.57. The fourth-order valence-corrected chi connectivity index (χ4v) is 2.79. The van der Waals surface area contributed by atoms with Crippen molar-refractivity contribution >= 4 is 5.91 Å². The van der Waals surface area contributed by atoms with Crippen molar-refractivity contribution < 1.29 is 14.6 Å². The summed E-state index contributed by atoms with van der Waals surface area (Å²) in [6.07, 6.45) is 3.28. The van der Waals surface area contributed by atoms with Crippen molar-refractivity contribution in [3.8, 4) is 22.9 Å². The molecule has 3 aromatic rings. The fraction of sp³-hybridized carbons (Fsp3) is 0.318. The Labute approximate surface area is 170 Å². The van der Waals surface area contributed by atoms with E-state index in [-0.39, 0.29) is 18.6 Å². The largest absolute Gasteiger partial charge is 0.438 e. The van der Waals surface area contributed by atoms with Crippen molar-refractivity contribution in [2.75, 3.05) is 6.61 Å². The van der Waals surface area contributed by atoms with Crippen LogP contribution in [-0.2, 0) is 7.05 Å². The number of carbonyl (C=O) groups excluding carboxylic acids is 1. The third-order valence-corrected chi connectivity index (χ3v) is 4.52. The summed E-state index contributed by atoms with van der Waals surface area (Å²) in [7, 11) is 1.82. The van der Waals surface area contributed by atoms with Crippen LogP contribution < -0.4 is 10.1 Å². The summed E-state index contributed by atoms with van der Waals surface area (Å²) in [6.45, 7) is 5.86. The molecule has 2 N–H and O–H groups in total. The second kappa shape index (κ2) is 8.87. The smallest absolute Gasteiger partial charge is 0.253 e. The van der Waals surface area contributed by atoms with Gasteiger partial charge in [0.05, 0.1) is 23.4 Å². The number of aliphatic hydroxyl groups is 1. The minimum Gasteiger partial charge on any atom is -0.438 e. The van der Waals surface area contributed by atoms with Gasteiger partial charge in [0.15, 0.2) is 0 Å². The first-order valence-electron chi connectivity index (χ1n) is 9.57. The number of aryl methyl sites for hydroxylation is 1. The van der Waals surface area contributed by atoms with Crippen LogP contribution in [0.1, 0.15) is 42.6 Å². The van der Waals surface area contributed by atoms with Crippen LogP contribution in [0.15, 0.2) is 48.8 Å². The molecule has 1 atom stereocenters. The second-order valence-corrected chi connectivity index (χ2v) is 7.33. The quantitative estimate of drug-likeness (QED) is 0.640. The Bertz CT molecular complexity index is 980. The van der Waals surface area contributed by atoms with E-state index in [4.69, 9.17) is 9.84 Å². The third kappa shape index (κ3) is 5.00. The van der Waals surface area contributed by atoms with Crippen LogP contribution in [0.3, 0.4) is 0 Å². The molecule has 3 rings (SSSR count). The van der Waals surface area contributed by atoms with Gasteiger partial charge in [0.1, 0.15) is 5.75 Å². The first-order chi connectivity index (χ1) is 13.9. The number of pyridine rings is 1. The predicted octanol–water partition coefficient (Wildman–Crippen LogP) is 3.51. The van der Waals surface area contributed by atoms with Crippen LogP contribution in [0.5, 0.6) is 11.6 Å². The molecule has 0 aliphatic heterocycles. The lowest BCUT2D eigenvalue weighted by Gasteiger charge is -2.13. The van der Waals surface area contributed by atoms with Crippen molar-refractivity contribution in [3.63, 3.8) is 0 Å². The van der Waals surface area contributed by atoms with E-state index in [2.05, 4.69) is 29.2 Å². The normalized spacial score (nSPS) is 12.1. The number of aliphatic hydroxyl groups excluding tert-OH is 1. The maximum absolute atomic E-state index is 12.4. The standard InChI is InChI=1S/C22H26N4O3/c1-14(2)16-5-7-18(8-6-16)29-22-19(20-9-10-26(4)25-20)11-17(12-23-22)21(28)24-15(3)13-27/h5-12,14-15,27H,13H2,1-4H3,(H,24,28)/t15-/m1/s1. The Balaban J connectivity index is 1.94. The molecule has 7 heteroatoms.